The van der Waals surface area contributed by atoms with Gasteiger partial charge in [-0.1, -0.05) is 46.5 Å². The van der Waals surface area contributed by atoms with Crippen LogP contribution in [0.2, 0.25) is 0 Å². The Kier molecular flexibility index (Phi) is 4.93. The van der Waals surface area contributed by atoms with Gasteiger partial charge in [0.05, 0.1) is 11.5 Å². The minimum Gasteiger partial charge on any atom is -0.496 e. The summed E-state index contributed by atoms with van der Waals surface area (Å²) >= 11 is 0. The fourth-order valence-electron chi connectivity index (χ4n) is 3.62. The fourth-order valence-corrected chi connectivity index (χ4v) is 3.62. The van der Waals surface area contributed by atoms with Crippen LogP contribution in [0.1, 0.15) is 22.5 Å². The number of hydrogen-bond acceptors (Lipinski definition) is 1. The van der Waals surface area contributed by atoms with E-state index in [4.69, 9.17) is 4.42 Å². The maximum absolute atomic E-state index is 5.81. The fraction of sp³-hybridized carbons (Fsp3) is 0.174. The number of fused-ring (bicyclic) bond motifs is 1. The van der Waals surface area contributed by atoms with Crippen LogP contribution in [0.15, 0.2) is 59.0 Å². The van der Waals surface area contributed by atoms with E-state index in [1.807, 2.05) is 19.1 Å². The van der Waals surface area contributed by atoms with Crippen molar-refractivity contribution in [3.63, 3.8) is 0 Å². The van der Waals surface area contributed by atoms with Gasteiger partial charge in [0.1, 0.15) is 0 Å². The van der Waals surface area contributed by atoms with Crippen LogP contribution >= 0.6 is 0 Å². The van der Waals surface area contributed by atoms with Crippen molar-refractivity contribution < 1.29 is 30.6 Å². The molecule has 4 aromatic rings. The smallest absolute Gasteiger partial charge is 0.0896 e. The van der Waals surface area contributed by atoms with Gasteiger partial charge in [0.25, 0.3) is 0 Å². The number of benzene rings is 2. The van der Waals surface area contributed by atoms with Gasteiger partial charge >= 0.3 is 0 Å². The molecule has 2 heteroatoms. The largest absolute Gasteiger partial charge is 0.496 e. The third-order valence-corrected chi connectivity index (χ3v) is 4.63. The Bertz CT molecular complexity index is 1030. The Morgan fingerprint density at radius 3 is 2.16 bits per heavy atom. The molecule has 0 unspecified atom stereocenters. The van der Waals surface area contributed by atoms with Crippen molar-refractivity contribution in [2.45, 2.75) is 27.7 Å². The van der Waals surface area contributed by atoms with Gasteiger partial charge in [-0.3, -0.25) is 0 Å². The van der Waals surface area contributed by atoms with E-state index in [-0.39, 0.29) is 26.2 Å². The van der Waals surface area contributed by atoms with Crippen molar-refractivity contribution in [2.75, 3.05) is 0 Å². The first kappa shape index (κ1) is 18.0. The van der Waals surface area contributed by atoms with Crippen LogP contribution in [0.5, 0.6) is 0 Å². The first-order valence-electron chi connectivity index (χ1n) is 8.37. The Morgan fingerprint density at radius 2 is 1.52 bits per heavy atom. The molecule has 0 fully saturated rings. The van der Waals surface area contributed by atoms with Crippen molar-refractivity contribution in [1.29, 1.82) is 0 Å². The quantitative estimate of drug-likeness (QED) is 0.338. The van der Waals surface area contributed by atoms with Gasteiger partial charge in [0, 0.05) is 26.2 Å². The van der Waals surface area contributed by atoms with Gasteiger partial charge in [-0.05, 0) is 51.0 Å². The molecule has 0 amide bonds. The maximum atomic E-state index is 5.81. The van der Waals surface area contributed by atoms with Crippen LogP contribution < -0.4 is 0 Å². The van der Waals surface area contributed by atoms with E-state index in [1.165, 1.54) is 38.6 Å². The first-order valence-corrected chi connectivity index (χ1v) is 8.37. The summed E-state index contributed by atoms with van der Waals surface area (Å²) in [7, 11) is 0. The average molecular weight is 405 g/mol. The Morgan fingerprint density at radius 1 is 0.800 bits per heavy atom. The van der Waals surface area contributed by atoms with Crippen LogP contribution in [0.4, 0.5) is 0 Å². The minimum absolute atomic E-state index is 0. The van der Waals surface area contributed by atoms with Gasteiger partial charge in [0.15, 0.2) is 0 Å². The van der Waals surface area contributed by atoms with Crippen molar-refractivity contribution in [3.05, 3.63) is 77.0 Å². The molecule has 0 aliphatic heterocycles. The van der Waals surface area contributed by atoms with Crippen LogP contribution in [0.3, 0.4) is 0 Å². The van der Waals surface area contributed by atoms with E-state index in [1.54, 1.807) is 0 Å². The Balaban J connectivity index is 0.00000182. The normalized spacial score (nSPS) is 10.9. The summed E-state index contributed by atoms with van der Waals surface area (Å²) in [5.74, 6) is 1.88. The van der Waals surface area contributed by atoms with Crippen LogP contribution in [0.25, 0.3) is 33.2 Å². The summed E-state index contributed by atoms with van der Waals surface area (Å²) in [5, 5.41) is 2.56. The molecule has 4 rings (SSSR count). The predicted octanol–water partition coefficient (Wildman–Crippen LogP) is 6.72. The molecular weight excluding hydrogens is 383 g/mol. The standard InChI is InChI=1S/C23H21O.Zr/c1-14-9-15(2)11-20(10-14)23-16(3)5-7-18-12-19(13-21(18)23)22-8-6-17(4)24-22;/h5-13H,1-4H3;/q-1;. The summed E-state index contributed by atoms with van der Waals surface area (Å²) in [4.78, 5) is 0. The van der Waals surface area contributed by atoms with Crippen LogP contribution in [0, 0.1) is 27.7 Å². The maximum Gasteiger partial charge on any atom is 0.0896 e. The van der Waals surface area contributed by atoms with Crippen LogP contribution in [-0.4, -0.2) is 0 Å². The van der Waals surface area contributed by atoms with Gasteiger partial charge in [-0.15, -0.1) is 29.0 Å². The SMILES string of the molecule is Cc1cc(C)cc(-c2c(C)ccc3[cH-]c(-c4ccc(C)o4)cc23)c1.[Zr]. The summed E-state index contributed by atoms with van der Waals surface area (Å²) in [6.07, 6.45) is 0. The summed E-state index contributed by atoms with van der Waals surface area (Å²) in [5.41, 5.74) is 7.68. The molecule has 1 aromatic heterocycles. The van der Waals surface area contributed by atoms with E-state index < -0.39 is 0 Å². The average Bonchev–Trinajstić information content (AvgIpc) is 3.11. The molecular formula is C23H21OZr-. The molecule has 1 nitrogen and oxygen atoms in total. The zero-order valence-electron chi connectivity index (χ0n) is 15.1. The van der Waals surface area contributed by atoms with Gasteiger partial charge in [-0.2, -0.15) is 0 Å². The van der Waals surface area contributed by atoms with Gasteiger partial charge in [-0.25, -0.2) is 0 Å². The molecule has 1 heterocycles. The van der Waals surface area contributed by atoms with E-state index in [0.717, 1.165) is 17.1 Å². The summed E-state index contributed by atoms with van der Waals surface area (Å²) < 4.78 is 5.81. The molecule has 25 heavy (non-hydrogen) atoms. The minimum atomic E-state index is 0. The van der Waals surface area contributed by atoms with E-state index in [0.29, 0.717) is 0 Å². The second-order valence-electron chi connectivity index (χ2n) is 6.79. The molecule has 3 aromatic carbocycles. The molecule has 0 saturated carbocycles. The Hall–Kier alpha value is -1.79. The van der Waals surface area contributed by atoms with Crippen molar-refractivity contribution >= 4 is 10.8 Å². The molecule has 0 spiro atoms. The van der Waals surface area contributed by atoms with Gasteiger partial charge in [0.2, 0.25) is 0 Å². The van der Waals surface area contributed by atoms with Gasteiger partial charge < -0.3 is 4.42 Å². The molecule has 0 saturated heterocycles. The third-order valence-electron chi connectivity index (χ3n) is 4.63. The van der Waals surface area contributed by atoms with E-state index in [9.17, 15) is 0 Å². The zero-order chi connectivity index (χ0) is 16.8. The summed E-state index contributed by atoms with van der Waals surface area (Å²) in [6.45, 7) is 8.50. The van der Waals surface area contributed by atoms with Crippen molar-refractivity contribution in [3.8, 4) is 22.5 Å². The Labute approximate surface area is 168 Å². The summed E-state index contributed by atoms with van der Waals surface area (Å²) in [6, 6.07) is 19.7. The predicted molar refractivity (Wildman–Crippen MR) is 102 cm³/mol. The number of aryl methyl sites for hydroxylation is 4. The second-order valence-corrected chi connectivity index (χ2v) is 6.79. The van der Waals surface area contributed by atoms with Crippen LogP contribution in [-0.2, 0) is 26.2 Å². The molecule has 0 atom stereocenters. The molecule has 0 aliphatic carbocycles. The zero-order valence-corrected chi connectivity index (χ0v) is 17.6. The molecule has 0 radical (unpaired) electrons. The van der Waals surface area contributed by atoms with Crippen molar-refractivity contribution in [2.24, 2.45) is 0 Å². The van der Waals surface area contributed by atoms with E-state index >= 15 is 0 Å². The first-order chi connectivity index (χ1) is 11.5. The molecule has 0 bridgehead atoms. The molecule has 0 N–H and O–H groups in total. The number of rotatable bonds is 2. The topological polar surface area (TPSA) is 13.1 Å². The van der Waals surface area contributed by atoms with E-state index in [2.05, 4.69) is 63.2 Å². The molecule has 0 aliphatic rings. The number of furan rings is 1. The van der Waals surface area contributed by atoms with Crippen molar-refractivity contribution in [1.82, 2.24) is 0 Å². The monoisotopic (exact) mass is 403 g/mol. The third kappa shape index (κ3) is 3.33. The number of hydrogen-bond donors (Lipinski definition) is 0. The second kappa shape index (κ2) is 6.85. The molecule has 124 valence electrons.